The summed E-state index contributed by atoms with van der Waals surface area (Å²) in [6.45, 7) is 4.08. The fraction of sp³-hybridized carbons (Fsp3) is 0.190. The molecule has 0 aromatic heterocycles. The van der Waals surface area contributed by atoms with Gasteiger partial charge in [-0.05, 0) is 36.2 Å². The summed E-state index contributed by atoms with van der Waals surface area (Å²) >= 11 is 0. The van der Waals surface area contributed by atoms with Gasteiger partial charge in [-0.2, -0.15) is 0 Å². The van der Waals surface area contributed by atoms with Crippen LogP contribution in [0.25, 0.3) is 10.8 Å². The standard InChI is InChI=1S/C21H21N3O3/c1-14-12-17(24(26)27)10-11-20(14)23-21(25)13-22-15(2)18-9-5-7-16-6-3-4-8-19(16)18/h3-12,15,22H,13H2,1-2H3,(H,23,25)/p+1/t15-/m1/s1. The first-order valence-corrected chi connectivity index (χ1v) is 8.81. The first-order chi connectivity index (χ1) is 13.0. The number of anilines is 1. The van der Waals surface area contributed by atoms with Crippen molar-refractivity contribution >= 4 is 28.1 Å². The molecule has 6 heteroatoms. The molecule has 1 atom stereocenters. The molecule has 3 aromatic rings. The number of nitrogens with one attached hydrogen (secondary N) is 1. The Morgan fingerprint density at radius 3 is 2.63 bits per heavy atom. The molecule has 0 saturated heterocycles. The lowest BCUT2D eigenvalue weighted by Crippen LogP contribution is -2.86. The maximum atomic E-state index is 12.3. The number of carbonyl (C=O) groups excluding carboxylic acids is 1. The first-order valence-electron chi connectivity index (χ1n) is 8.81. The molecule has 0 unspecified atom stereocenters. The zero-order chi connectivity index (χ0) is 19.4. The van der Waals surface area contributed by atoms with Crippen molar-refractivity contribution in [2.75, 3.05) is 11.9 Å². The van der Waals surface area contributed by atoms with Crippen molar-refractivity contribution in [2.45, 2.75) is 19.9 Å². The molecule has 1 amide bonds. The highest BCUT2D eigenvalue weighted by atomic mass is 16.6. The molecular weight excluding hydrogens is 342 g/mol. The van der Waals surface area contributed by atoms with E-state index in [1.165, 1.54) is 28.5 Å². The number of hydrogen-bond acceptors (Lipinski definition) is 3. The number of non-ortho nitro benzene ring substituents is 1. The van der Waals surface area contributed by atoms with Crippen molar-refractivity contribution in [1.82, 2.24) is 0 Å². The maximum absolute atomic E-state index is 12.3. The van der Waals surface area contributed by atoms with Crippen LogP contribution in [0.3, 0.4) is 0 Å². The Morgan fingerprint density at radius 2 is 1.89 bits per heavy atom. The van der Waals surface area contributed by atoms with Crippen LogP contribution in [0.15, 0.2) is 60.7 Å². The van der Waals surface area contributed by atoms with E-state index in [9.17, 15) is 14.9 Å². The van der Waals surface area contributed by atoms with Crippen LogP contribution in [0.2, 0.25) is 0 Å². The summed E-state index contributed by atoms with van der Waals surface area (Å²) in [6.07, 6.45) is 0. The minimum atomic E-state index is -0.446. The second-order valence-corrected chi connectivity index (χ2v) is 6.60. The van der Waals surface area contributed by atoms with E-state index in [0.717, 1.165) is 0 Å². The van der Waals surface area contributed by atoms with E-state index < -0.39 is 4.92 Å². The second-order valence-electron chi connectivity index (χ2n) is 6.60. The zero-order valence-corrected chi connectivity index (χ0v) is 15.3. The van der Waals surface area contributed by atoms with Gasteiger partial charge < -0.3 is 10.6 Å². The highest BCUT2D eigenvalue weighted by Gasteiger charge is 2.15. The fourth-order valence-electron chi connectivity index (χ4n) is 3.16. The third-order valence-corrected chi connectivity index (χ3v) is 4.67. The van der Waals surface area contributed by atoms with E-state index in [2.05, 4.69) is 36.5 Å². The molecule has 3 aromatic carbocycles. The average Bonchev–Trinajstić information content (AvgIpc) is 2.67. The van der Waals surface area contributed by atoms with Crippen LogP contribution in [0.1, 0.15) is 24.1 Å². The number of nitrogens with zero attached hydrogens (tertiary/aromatic N) is 1. The minimum Gasteiger partial charge on any atom is -0.332 e. The third kappa shape index (κ3) is 4.30. The fourth-order valence-corrected chi connectivity index (χ4v) is 3.16. The highest BCUT2D eigenvalue weighted by Crippen LogP contribution is 2.22. The number of benzene rings is 3. The summed E-state index contributed by atoms with van der Waals surface area (Å²) in [7, 11) is 0. The van der Waals surface area contributed by atoms with E-state index in [1.54, 1.807) is 13.0 Å². The Balaban J connectivity index is 1.64. The summed E-state index contributed by atoms with van der Waals surface area (Å²) in [5.41, 5.74) is 2.46. The number of carbonyl (C=O) groups is 1. The summed E-state index contributed by atoms with van der Waals surface area (Å²) in [5, 5.41) is 18.0. The number of nitro benzene ring substituents is 1. The van der Waals surface area contributed by atoms with Gasteiger partial charge in [0.1, 0.15) is 6.04 Å². The summed E-state index contributed by atoms with van der Waals surface area (Å²) in [4.78, 5) is 22.7. The van der Waals surface area contributed by atoms with Gasteiger partial charge in [0.05, 0.1) is 4.92 Å². The van der Waals surface area contributed by atoms with Gasteiger partial charge in [0.15, 0.2) is 6.54 Å². The van der Waals surface area contributed by atoms with E-state index in [-0.39, 0.29) is 24.2 Å². The van der Waals surface area contributed by atoms with E-state index in [0.29, 0.717) is 11.3 Å². The lowest BCUT2D eigenvalue weighted by Gasteiger charge is -2.14. The number of aryl methyl sites for hydroxylation is 1. The second kappa shape index (κ2) is 7.97. The lowest BCUT2D eigenvalue weighted by molar-refractivity contribution is -0.682. The van der Waals surface area contributed by atoms with Gasteiger partial charge in [0.2, 0.25) is 0 Å². The molecule has 0 radical (unpaired) electrons. The molecule has 0 saturated carbocycles. The van der Waals surface area contributed by atoms with Crippen LogP contribution in [-0.2, 0) is 4.79 Å². The molecule has 138 valence electrons. The summed E-state index contributed by atoms with van der Waals surface area (Å²) in [6, 6.07) is 18.9. The number of amides is 1. The Kier molecular flexibility index (Phi) is 5.47. The van der Waals surface area contributed by atoms with Crippen molar-refractivity contribution in [1.29, 1.82) is 0 Å². The first kappa shape index (κ1) is 18.5. The van der Waals surface area contributed by atoms with Gasteiger partial charge in [-0.15, -0.1) is 0 Å². The molecule has 6 nitrogen and oxygen atoms in total. The van der Waals surface area contributed by atoms with Gasteiger partial charge in [-0.1, -0.05) is 42.5 Å². The van der Waals surface area contributed by atoms with Crippen LogP contribution in [0, 0.1) is 17.0 Å². The molecule has 0 aliphatic rings. The van der Waals surface area contributed by atoms with Crippen LogP contribution >= 0.6 is 0 Å². The van der Waals surface area contributed by atoms with Crippen LogP contribution in [-0.4, -0.2) is 17.4 Å². The van der Waals surface area contributed by atoms with Crippen LogP contribution < -0.4 is 10.6 Å². The number of rotatable bonds is 6. The van der Waals surface area contributed by atoms with Gasteiger partial charge in [-0.3, -0.25) is 14.9 Å². The van der Waals surface area contributed by atoms with Gasteiger partial charge in [0, 0.05) is 23.4 Å². The molecular formula is C21H22N3O3+. The van der Waals surface area contributed by atoms with Gasteiger partial charge in [0.25, 0.3) is 11.6 Å². The number of quaternary nitrogens is 1. The monoisotopic (exact) mass is 364 g/mol. The Morgan fingerprint density at radius 1 is 1.15 bits per heavy atom. The molecule has 3 rings (SSSR count). The normalized spacial score (nSPS) is 11.9. The number of nitrogens with two attached hydrogens (primary N) is 1. The molecule has 0 spiro atoms. The predicted octanol–water partition coefficient (Wildman–Crippen LogP) is 3.32. The molecule has 0 heterocycles. The minimum absolute atomic E-state index is 0.0154. The number of hydrogen-bond donors (Lipinski definition) is 2. The summed E-state index contributed by atoms with van der Waals surface area (Å²) in [5.74, 6) is -0.140. The lowest BCUT2D eigenvalue weighted by atomic mass is 10.00. The van der Waals surface area contributed by atoms with E-state index in [1.807, 2.05) is 23.5 Å². The molecule has 3 N–H and O–H groups in total. The van der Waals surface area contributed by atoms with Gasteiger partial charge in [-0.25, -0.2) is 0 Å². The van der Waals surface area contributed by atoms with Crippen molar-refractivity contribution in [3.8, 4) is 0 Å². The molecule has 0 fully saturated rings. The predicted molar refractivity (Wildman–Crippen MR) is 106 cm³/mol. The van der Waals surface area contributed by atoms with Crippen LogP contribution in [0.4, 0.5) is 11.4 Å². The summed E-state index contributed by atoms with van der Waals surface area (Å²) < 4.78 is 0. The van der Waals surface area contributed by atoms with E-state index in [4.69, 9.17) is 0 Å². The van der Waals surface area contributed by atoms with E-state index >= 15 is 0 Å². The molecule has 0 aliphatic heterocycles. The molecule has 27 heavy (non-hydrogen) atoms. The molecule has 0 bridgehead atoms. The highest BCUT2D eigenvalue weighted by molar-refractivity contribution is 5.92. The largest absolute Gasteiger partial charge is 0.332 e. The van der Waals surface area contributed by atoms with Gasteiger partial charge >= 0.3 is 0 Å². The van der Waals surface area contributed by atoms with Crippen molar-refractivity contribution in [2.24, 2.45) is 0 Å². The SMILES string of the molecule is Cc1cc([N+](=O)[O-])ccc1NC(=O)C[NH2+][C@H](C)c1cccc2ccccc12. The Labute approximate surface area is 157 Å². The average molecular weight is 364 g/mol. The topological polar surface area (TPSA) is 88.9 Å². The smallest absolute Gasteiger partial charge is 0.279 e. The Hall–Kier alpha value is -3.25. The molecule has 0 aliphatic carbocycles. The van der Waals surface area contributed by atoms with Crippen molar-refractivity contribution in [3.05, 3.63) is 81.9 Å². The quantitative estimate of drug-likeness (QED) is 0.519. The zero-order valence-electron chi connectivity index (χ0n) is 15.3. The third-order valence-electron chi connectivity index (χ3n) is 4.67. The van der Waals surface area contributed by atoms with Crippen LogP contribution in [0.5, 0.6) is 0 Å². The van der Waals surface area contributed by atoms with Crippen molar-refractivity contribution in [3.63, 3.8) is 0 Å². The Bertz CT molecular complexity index is 996. The number of fused-ring (bicyclic) bond motifs is 1. The van der Waals surface area contributed by atoms with Crippen molar-refractivity contribution < 1.29 is 15.0 Å². The maximum Gasteiger partial charge on any atom is 0.279 e. The number of nitro groups is 1.